The molecule has 2 heterocycles. The smallest absolute Gasteiger partial charge is 0.240 e. The lowest BCUT2D eigenvalue weighted by atomic mass is 9.99. The first-order chi connectivity index (χ1) is 10.7. The number of carbonyl (C=O) groups excluding carboxylic acids is 1. The highest BCUT2D eigenvalue weighted by Crippen LogP contribution is 2.23. The van der Waals surface area contributed by atoms with Gasteiger partial charge in [-0.15, -0.1) is 0 Å². The average Bonchev–Trinajstić information content (AvgIpc) is 2.51. The average molecular weight is 306 g/mol. The monoisotopic (exact) mass is 306 g/mol. The number of likely N-dealkylation sites (N-methyl/N-ethyl adjacent to an activating group) is 1. The maximum absolute atomic E-state index is 12.9. The zero-order valence-electron chi connectivity index (χ0n) is 13.0. The van der Waals surface area contributed by atoms with Gasteiger partial charge in [0.1, 0.15) is 17.7 Å². The third-order valence-electron chi connectivity index (χ3n) is 4.58. The number of nitrogens with zero attached hydrogens (tertiary/aromatic N) is 2. The molecule has 5 heteroatoms. The number of piperidine rings is 1. The second kappa shape index (κ2) is 6.65. The Morgan fingerprint density at radius 3 is 2.68 bits per heavy atom. The van der Waals surface area contributed by atoms with Crippen molar-refractivity contribution in [3.63, 3.8) is 0 Å². The summed E-state index contributed by atoms with van der Waals surface area (Å²) in [5.41, 5.74) is 0. The van der Waals surface area contributed by atoms with Crippen LogP contribution in [0.25, 0.3) is 0 Å². The van der Waals surface area contributed by atoms with Gasteiger partial charge in [0.05, 0.1) is 19.1 Å². The van der Waals surface area contributed by atoms with E-state index in [4.69, 9.17) is 4.74 Å². The molecule has 1 unspecified atom stereocenters. The molecule has 4 nitrogen and oxygen atoms in total. The molecular weight excluding hydrogens is 283 g/mol. The first-order valence-electron chi connectivity index (χ1n) is 8.12. The van der Waals surface area contributed by atoms with Gasteiger partial charge in [-0.2, -0.15) is 0 Å². The number of rotatable bonds is 4. The fourth-order valence-corrected chi connectivity index (χ4v) is 3.26. The number of hydrogen-bond donors (Lipinski definition) is 0. The van der Waals surface area contributed by atoms with Crippen molar-refractivity contribution in [3.05, 3.63) is 30.1 Å². The summed E-state index contributed by atoms with van der Waals surface area (Å²) in [6.07, 6.45) is 3.31. The van der Waals surface area contributed by atoms with Crippen LogP contribution in [0.5, 0.6) is 5.75 Å². The summed E-state index contributed by atoms with van der Waals surface area (Å²) in [4.78, 5) is 16.7. The van der Waals surface area contributed by atoms with Gasteiger partial charge in [-0.1, -0.05) is 13.3 Å². The predicted octanol–water partition coefficient (Wildman–Crippen LogP) is 2.29. The largest absolute Gasteiger partial charge is 0.487 e. The van der Waals surface area contributed by atoms with E-state index >= 15 is 0 Å². The minimum absolute atomic E-state index is 0.0214. The van der Waals surface area contributed by atoms with E-state index in [-0.39, 0.29) is 23.9 Å². The molecule has 120 valence electrons. The molecule has 0 spiro atoms. The Morgan fingerprint density at radius 2 is 2.00 bits per heavy atom. The number of carbonyl (C=O) groups is 1. The van der Waals surface area contributed by atoms with E-state index in [1.165, 1.54) is 18.6 Å². The summed E-state index contributed by atoms with van der Waals surface area (Å²) in [7, 11) is 0. The van der Waals surface area contributed by atoms with Gasteiger partial charge in [0, 0.05) is 0 Å². The van der Waals surface area contributed by atoms with Gasteiger partial charge in [0.15, 0.2) is 0 Å². The molecule has 1 aromatic carbocycles. The Bertz CT molecular complexity index is 514. The van der Waals surface area contributed by atoms with Gasteiger partial charge in [-0.3, -0.25) is 9.69 Å². The number of ether oxygens (including phenoxy) is 1. The molecule has 0 aromatic heterocycles. The molecule has 0 aliphatic carbocycles. The lowest BCUT2D eigenvalue weighted by Gasteiger charge is -2.43. The Morgan fingerprint density at radius 1 is 1.27 bits per heavy atom. The van der Waals surface area contributed by atoms with Crippen molar-refractivity contribution in [3.8, 4) is 5.75 Å². The third kappa shape index (κ3) is 3.24. The molecule has 0 bridgehead atoms. The normalized spacial score (nSPS) is 23.2. The number of amides is 1. The van der Waals surface area contributed by atoms with E-state index in [0.717, 1.165) is 25.9 Å². The summed E-state index contributed by atoms with van der Waals surface area (Å²) in [6, 6.07) is 6.07. The van der Waals surface area contributed by atoms with Crippen LogP contribution in [0.4, 0.5) is 4.39 Å². The molecule has 22 heavy (non-hydrogen) atoms. The van der Waals surface area contributed by atoms with Crippen LogP contribution in [0.2, 0.25) is 0 Å². The minimum atomic E-state index is -0.269. The fraction of sp³-hybridized carbons (Fsp3) is 0.588. The first kappa shape index (κ1) is 15.3. The molecule has 2 aliphatic heterocycles. The van der Waals surface area contributed by atoms with Gasteiger partial charge in [-0.05, 0) is 50.2 Å². The second-order valence-corrected chi connectivity index (χ2v) is 6.08. The molecule has 2 saturated heterocycles. The van der Waals surface area contributed by atoms with Crippen molar-refractivity contribution in [1.82, 2.24) is 9.80 Å². The Balaban J connectivity index is 1.50. The lowest BCUT2D eigenvalue weighted by Crippen LogP contribution is -2.61. The van der Waals surface area contributed by atoms with Crippen LogP contribution in [-0.2, 0) is 4.79 Å². The van der Waals surface area contributed by atoms with Crippen LogP contribution in [0.1, 0.15) is 26.2 Å². The highest BCUT2D eigenvalue weighted by atomic mass is 19.1. The molecule has 0 radical (unpaired) electrons. The molecular formula is C17H23FN2O2. The lowest BCUT2D eigenvalue weighted by molar-refractivity contribution is -0.147. The molecule has 0 N–H and O–H groups in total. The second-order valence-electron chi connectivity index (χ2n) is 6.08. The van der Waals surface area contributed by atoms with Crippen molar-refractivity contribution >= 4 is 5.91 Å². The maximum Gasteiger partial charge on any atom is 0.240 e. The van der Waals surface area contributed by atoms with Crippen LogP contribution in [-0.4, -0.2) is 54.0 Å². The van der Waals surface area contributed by atoms with Crippen LogP contribution in [0.15, 0.2) is 24.3 Å². The summed E-state index contributed by atoms with van der Waals surface area (Å²) >= 11 is 0. The molecule has 1 amide bonds. The molecule has 1 atom stereocenters. The van der Waals surface area contributed by atoms with Crippen molar-refractivity contribution in [2.24, 2.45) is 0 Å². The van der Waals surface area contributed by atoms with Crippen molar-refractivity contribution < 1.29 is 13.9 Å². The summed E-state index contributed by atoms with van der Waals surface area (Å²) in [5.74, 6) is 0.626. The number of benzene rings is 1. The first-order valence-corrected chi connectivity index (χ1v) is 8.12. The minimum Gasteiger partial charge on any atom is -0.487 e. The van der Waals surface area contributed by atoms with E-state index in [2.05, 4.69) is 11.8 Å². The van der Waals surface area contributed by atoms with Crippen molar-refractivity contribution in [1.29, 1.82) is 0 Å². The Hall–Kier alpha value is -1.62. The van der Waals surface area contributed by atoms with Crippen LogP contribution in [0.3, 0.4) is 0 Å². The number of likely N-dealkylation sites (tertiary alicyclic amines) is 2. The van der Waals surface area contributed by atoms with Gasteiger partial charge in [0.2, 0.25) is 5.91 Å². The zero-order valence-corrected chi connectivity index (χ0v) is 13.0. The molecule has 1 aromatic rings. The highest BCUT2D eigenvalue weighted by Gasteiger charge is 2.38. The fourth-order valence-electron chi connectivity index (χ4n) is 3.26. The Kier molecular flexibility index (Phi) is 4.62. The molecule has 3 rings (SSSR count). The molecule has 0 saturated carbocycles. The topological polar surface area (TPSA) is 32.8 Å². The van der Waals surface area contributed by atoms with E-state index in [1.54, 1.807) is 12.1 Å². The van der Waals surface area contributed by atoms with Crippen LogP contribution >= 0.6 is 0 Å². The van der Waals surface area contributed by atoms with E-state index in [0.29, 0.717) is 18.8 Å². The number of halogens is 1. The van der Waals surface area contributed by atoms with Crippen LogP contribution in [0, 0.1) is 5.82 Å². The van der Waals surface area contributed by atoms with Crippen molar-refractivity contribution in [2.75, 3.05) is 26.2 Å². The Labute approximate surface area is 130 Å². The van der Waals surface area contributed by atoms with Gasteiger partial charge < -0.3 is 9.64 Å². The van der Waals surface area contributed by atoms with E-state index < -0.39 is 0 Å². The SMILES string of the molecule is CCN1CCCCC1C(=O)N1CC(Oc2ccc(F)cc2)C1. The number of hydrogen-bond acceptors (Lipinski definition) is 3. The molecule has 2 aliphatic rings. The third-order valence-corrected chi connectivity index (χ3v) is 4.58. The predicted molar refractivity (Wildman–Crippen MR) is 82.3 cm³/mol. The summed E-state index contributed by atoms with van der Waals surface area (Å²) in [5, 5.41) is 0. The van der Waals surface area contributed by atoms with Crippen LogP contribution < -0.4 is 4.74 Å². The summed E-state index contributed by atoms with van der Waals surface area (Å²) in [6.45, 7) is 5.33. The maximum atomic E-state index is 12.9. The van der Waals surface area contributed by atoms with Gasteiger partial charge in [-0.25, -0.2) is 4.39 Å². The summed E-state index contributed by atoms with van der Waals surface area (Å²) < 4.78 is 18.6. The quantitative estimate of drug-likeness (QED) is 0.855. The van der Waals surface area contributed by atoms with Gasteiger partial charge >= 0.3 is 0 Å². The van der Waals surface area contributed by atoms with E-state index in [9.17, 15) is 9.18 Å². The van der Waals surface area contributed by atoms with Crippen molar-refractivity contribution in [2.45, 2.75) is 38.3 Å². The molecule has 2 fully saturated rings. The van der Waals surface area contributed by atoms with E-state index in [1.807, 2.05) is 4.90 Å². The highest BCUT2D eigenvalue weighted by molar-refractivity contribution is 5.82. The van der Waals surface area contributed by atoms with Gasteiger partial charge in [0.25, 0.3) is 0 Å². The standard InChI is InChI=1S/C17H23FN2O2/c1-2-19-10-4-3-5-16(19)17(21)20-11-15(12-20)22-14-8-6-13(18)7-9-14/h6-9,15-16H,2-5,10-12H2,1H3. The zero-order chi connectivity index (χ0) is 15.5.